The van der Waals surface area contributed by atoms with Crippen LogP contribution in [0.2, 0.25) is 0 Å². The van der Waals surface area contributed by atoms with Crippen LogP contribution in [0.3, 0.4) is 0 Å². The van der Waals surface area contributed by atoms with Crippen LogP contribution in [0.5, 0.6) is 11.5 Å². The number of ether oxygens (including phenoxy) is 2. The molecular weight excluding hydrogens is 290 g/mol. The maximum Gasteiger partial charge on any atom is 0.247 e. The smallest absolute Gasteiger partial charge is 0.247 e. The molecule has 1 saturated heterocycles. The quantitative estimate of drug-likeness (QED) is 0.863. The lowest BCUT2D eigenvalue weighted by Crippen LogP contribution is -2.13. The number of carbonyl (C=O) groups excluding carboxylic acids is 1. The number of benzene rings is 2. The van der Waals surface area contributed by atoms with E-state index in [-0.39, 0.29) is 5.91 Å². The molecule has 23 heavy (non-hydrogen) atoms. The Morgan fingerprint density at radius 3 is 2.65 bits per heavy atom. The van der Waals surface area contributed by atoms with Gasteiger partial charge in [-0.25, -0.2) is 0 Å². The molecule has 1 fully saturated rings. The number of carbonyl (C=O) groups is 1. The van der Waals surface area contributed by atoms with E-state index in [4.69, 9.17) is 9.47 Å². The molecule has 1 N–H and O–H groups in total. The van der Waals surface area contributed by atoms with Gasteiger partial charge in [-0.2, -0.15) is 0 Å². The molecule has 1 aliphatic heterocycles. The molecule has 4 heteroatoms. The summed E-state index contributed by atoms with van der Waals surface area (Å²) in [6.07, 6.45) is 2.65. The number of methoxy groups -OCH3 is 1. The Labute approximate surface area is 135 Å². The minimum atomic E-state index is 0.00775. The van der Waals surface area contributed by atoms with E-state index in [1.54, 1.807) is 7.11 Å². The van der Waals surface area contributed by atoms with E-state index < -0.39 is 0 Å². The molecule has 2 aromatic carbocycles. The summed E-state index contributed by atoms with van der Waals surface area (Å²) < 4.78 is 11.2. The van der Waals surface area contributed by atoms with E-state index in [2.05, 4.69) is 5.32 Å². The summed E-state index contributed by atoms with van der Waals surface area (Å²) in [6.45, 7) is 1.19. The van der Waals surface area contributed by atoms with Crippen molar-refractivity contribution in [2.45, 2.75) is 13.0 Å². The summed E-state index contributed by atoms with van der Waals surface area (Å²) in [4.78, 5) is 11.6. The second-order valence-corrected chi connectivity index (χ2v) is 5.36. The molecule has 0 aromatic heterocycles. The lowest BCUT2D eigenvalue weighted by atomic mass is 10.1. The fourth-order valence-corrected chi connectivity index (χ4v) is 2.51. The maximum absolute atomic E-state index is 11.6. The van der Waals surface area contributed by atoms with Crippen molar-refractivity contribution in [1.82, 2.24) is 5.32 Å². The number of hydrogen-bond donors (Lipinski definition) is 1. The van der Waals surface area contributed by atoms with Crippen molar-refractivity contribution in [3.05, 3.63) is 65.2 Å². The van der Waals surface area contributed by atoms with Gasteiger partial charge in [0.25, 0.3) is 0 Å². The molecular formula is C19H19NO3. The Morgan fingerprint density at radius 2 is 1.96 bits per heavy atom. The second-order valence-electron chi connectivity index (χ2n) is 5.36. The van der Waals surface area contributed by atoms with Crippen LogP contribution in [0.1, 0.15) is 17.5 Å². The van der Waals surface area contributed by atoms with Crippen LogP contribution in [0, 0.1) is 0 Å². The topological polar surface area (TPSA) is 47.6 Å². The first-order chi connectivity index (χ1) is 11.3. The van der Waals surface area contributed by atoms with Gasteiger partial charge in [-0.3, -0.25) is 4.79 Å². The van der Waals surface area contributed by atoms with Crippen molar-refractivity contribution in [2.24, 2.45) is 0 Å². The maximum atomic E-state index is 11.6. The van der Waals surface area contributed by atoms with Gasteiger partial charge < -0.3 is 14.8 Å². The van der Waals surface area contributed by atoms with E-state index in [0.717, 1.165) is 23.1 Å². The Morgan fingerprint density at radius 1 is 1.13 bits per heavy atom. The fourth-order valence-electron chi connectivity index (χ4n) is 2.51. The monoisotopic (exact) mass is 309 g/mol. The molecule has 0 bridgehead atoms. The Balaban J connectivity index is 1.76. The highest BCUT2D eigenvalue weighted by Gasteiger charge is 2.16. The van der Waals surface area contributed by atoms with Crippen LogP contribution in [-0.4, -0.2) is 19.6 Å². The molecule has 0 unspecified atom stereocenters. The van der Waals surface area contributed by atoms with Gasteiger partial charge in [-0.1, -0.05) is 36.4 Å². The van der Waals surface area contributed by atoms with Gasteiger partial charge in [0.15, 0.2) is 11.5 Å². The van der Waals surface area contributed by atoms with Crippen molar-refractivity contribution in [2.75, 3.05) is 13.7 Å². The Bertz CT molecular complexity index is 723. The van der Waals surface area contributed by atoms with Gasteiger partial charge in [-0.15, -0.1) is 0 Å². The summed E-state index contributed by atoms with van der Waals surface area (Å²) in [7, 11) is 1.61. The molecule has 0 radical (unpaired) electrons. The number of rotatable bonds is 5. The predicted octanol–water partition coefficient (Wildman–Crippen LogP) is 3.18. The lowest BCUT2D eigenvalue weighted by molar-refractivity contribution is -0.116. The van der Waals surface area contributed by atoms with Gasteiger partial charge in [0, 0.05) is 12.1 Å². The van der Waals surface area contributed by atoms with Gasteiger partial charge in [-0.05, 0) is 35.8 Å². The van der Waals surface area contributed by atoms with Gasteiger partial charge in [0.2, 0.25) is 5.91 Å². The van der Waals surface area contributed by atoms with Crippen LogP contribution in [-0.2, 0) is 11.4 Å². The Hall–Kier alpha value is -2.75. The molecule has 4 nitrogen and oxygen atoms in total. The molecule has 3 rings (SSSR count). The average molecular weight is 309 g/mol. The fraction of sp³-hybridized carbons (Fsp3) is 0.211. The predicted molar refractivity (Wildman–Crippen MR) is 89.4 cm³/mol. The van der Waals surface area contributed by atoms with Crippen molar-refractivity contribution in [3.8, 4) is 11.5 Å². The van der Waals surface area contributed by atoms with E-state index in [0.29, 0.717) is 24.7 Å². The van der Waals surface area contributed by atoms with E-state index in [1.165, 1.54) is 0 Å². The first kappa shape index (κ1) is 15.2. The average Bonchev–Trinajstić information content (AvgIpc) is 2.99. The second kappa shape index (κ2) is 7.01. The van der Waals surface area contributed by atoms with Crippen molar-refractivity contribution >= 4 is 12.0 Å². The normalized spacial score (nSPS) is 15.5. The zero-order valence-electron chi connectivity index (χ0n) is 13.0. The van der Waals surface area contributed by atoms with Crippen molar-refractivity contribution < 1.29 is 14.3 Å². The third kappa shape index (κ3) is 3.72. The van der Waals surface area contributed by atoms with Crippen LogP contribution in [0.25, 0.3) is 6.08 Å². The summed E-state index contributed by atoms with van der Waals surface area (Å²) in [5, 5.41) is 2.81. The molecule has 0 aliphatic carbocycles. The minimum absolute atomic E-state index is 0.00775. The van der Waals surface area contributed by atoms with Crippen molar-refractivity contribution in [1.29, 1.82) is 0 Å². The Kier molecular flexibility index (Phi) is 4.62. The van der Waals surface area contributed by atoms with Gasteiger partial charge in [0.1, 0.15) is 6.61 Å². The van der Waals surface area contributed by atoms with Crippen LogP contribution in [0.4, 0.5) is 0 Å². The van der Waals surface area contributed by atoms with Crippen molar-refractivity contribution in [3.63, 3.8) is 0 Å². The highest BCUT2D eigenvalue weighted by Crippen LogP contribution is 2.30. The van der Waals surface area contributed by atoms with Crippen LogP contribution in [0.15, 0.2) is 54.1 Å². The molecule has 1 heterocycles. The van der Waals surface area contributed by atoms with Gasteiger partial charge in [0.05, 0.1) is 7.11 Å². The third-order valence-electron chi connectivity index (χ3n) is 3.74. The summed E-state index contributed by atoms with van der Waals surface area (Å²) in [5.41, 5.74) is 2.83. The molecule has 1 amide bonds. The van der Waals surface area contributed by atoms with E-state index in [1.807, 2.05) is 54.6 Å². The number of nitrogens with one attached hydrogen (secondary N) is 1. The van der Waals surface area contributed by atoms with Crippen LogP contribution < -0.4 is 14.8 Å². The zero-order chi connectivity index (χ0) is 16.1. The number of hydrogen-bond acceptors (Lipinski definition) is 3. The standard InChI is InChI=1S/C19H19NO3/c1-22-18-12-15(11-16-9-10-20-19(16)21)7-8-17(18)23-13-14-5-3-2-4-6-14/h2-8,11-12H,9-10,13H2,1H3,(H,20,21). The first-order valence-corrected chi connectivity index (χ1v) is 7.60. The van der Waals surface area contributed by atoms with Crippen LogP contribution >= 0.6 is 0 Å². The minimum Gasteiger partial charge on any atom is -0.493 e. The largest absolute Gasteiger partial charge is 0.493 e. The summed E-state index contributed by atoms with van der Waals surface area (Å²) in [5.74, 6) is 1.36. The zero-order valence-corrected chi connectivity index (χ0v) is 13.0. The molecule has 0 saturated carbocycles. The SMILES string of the molecule is COc1cc(C=C2CCNC2=O)ccc1OCc1ccccc1. The van der Waals surface area contributed by atoms with Gasteiger partial charge >= 0.3 is 0 Å². The van der Waals surface area contributed by atoms with E-state index >= 15 is 0 Å². The number of amides is 1. The lowest BCUT2D eigenvalue weighted by Gasteiger charge is -2.11. The summed E-state index contributed by atoms with van der Waals surface area (Å²) >= 11 is 0. The third-order valence-corrected chi connectivity index (χ3v) is 3.74. The highest BCUT2D eigenvalue weighted by atomic mass is 16.5. The molecule has 0 spiro atoms. The molecule has 1 aliphatic rings. The highest BCUT2D eigenvalue weighted by molar-refractivity contribution is 5.99. The molecule has 0 atom stereocenters. The summed E-state index contributed by atoms with van der Waals surface area (Å²) in [6, 6.07) is 15.7. The molecule has 118 valence electrons. The molecule has 2 aromatic rings. The first-order valence-electron chi connectivity index (χ1n) is 7.60. The van der Waals surface area contributed by atoms with E-state index in [9.17, 15) is 4.79 Å².